The van der Waals surface area contributed by atoms with Gasteiger partial charge in [0.15, 0.2) is 0 Å². The molecule has 4 nitrogen and oxygen atoms in total. The van der Waals surface area contributed by atoms with Gasteiger partial charge >= 0.3 is 5.97 Å². The normalized spacial score (nSPS) is 16.1. The zero-order chi connectivity index (χ0) is 13.3. The zero-order valence-electron chi connectivity index (χ0n) is 9.95. The fourth-order valence-electron chi connectivity index (χ4n) is 2.49. The van der Waals surface area contributed by atoms with Crippen molar-refractivity contribution in [3.8, 4) is 5.75 Å². The van der Waals surface area contributed by atoms with E-state index in [-0.39, 0.29) is 12.3 Å². The fraction of sp³-hybridized carbons (Fsp3) is 0.462. The van der Waals surface area contributed by atoms with Crippen LogP contribution in [-0.4, -0.2) is 22.7 Å². The molecule has 0 radical (unpaired) electrons. The van der Waals surface area contributed by atoms with E-state index in [1.54, 1.807) is 6.07 Å². The Kier molecular flexibility index (Phi) is 3.78. The molecule has 1 unspecified atom stereocenters. The van der Waals surface area contributed by atoms with Crippen LogP contribution in [0.4, 0.5) is 0 Å². The Morgan fingerprint density at radius 2 is 2.11 bits per heavy atom. The van der Waals surface area contributed by atoms with Crippen molar-refractivity contribution in [2.75, 3.05) is 6.54 Å². The number of phenols is 1. The van der Waals surface area contributed by atoms with Gasteiger partial charge in [-0.2, -0.15) is 0 Å². The highest BCUT2D eigenvalue weighted by atomic mass is 35.5. The molecule has 0 saturated heterocycles. The number of rotatable bonds is 3. The van der Waals surface area contributed by atoms with Crippen LogP contribution in [0.1, 0.15) is 35.4 Å². The number of carbonyl (C=O) groups is 1. The van der Waals surface area contributed by atoms with E-state index in [0.29, 0.717) is 10.6 Å². The summed E-state index contributed by atoms with van der Waals surface area (Å²) in [6.07, 6.45) is 3.82. The molecule has 1 aromatic rings. The molecule has 98 valence electrons. The van der Waals surface area contributed by atoms with E-state index in [0.717, 1.165) is 36.8 Å². The van der Waals surface area contributed by atoms with Crippen LogP contribution in [-0.2, 0) is 17.6 Å². The van der Waals surface area contributed by atoms with Crippen molar-refractivity contribution in [2.24, 2.45) is 5.73 Å². The lowest BCUT2D eigenvalue weighted by Crippen LogP contribution is -2.22. The molecule has 0 heterocycles. The number of hydrogen-bond acceptors (Lipinski definition) is 3. The second-order valence-electron chi connectivity index (χ2n) is 4.60. The number of halogens is 1. The van der Waals surface area contributed by atoms with Gasteiger partial charge in [-0.1, -0.05) is 17.7 Å². The van der Waals surface area contributed by atoms with E-state index in [4.69, 9.17) is 22.4 Å². The van der Waals surface area contributed by atoms with Gasteiger partial charge < -0.3 is 15.9 Å². The number of aromatic hydroxyl groups is 1. The third kappa shape index (κ3) is 2.18. The molecule has 0 bridgehead atoms. The lowest BCUT2D eigenvalue weighted by atomic mass is 9.86. The average molecular weight is 270 g/mol. The number of phenolic OH excluding ortho intramolecular Hbond substituents is 1. The number of nitrogens with two attached hydrogens (primary N) is 1. The topological polar surface area (TPSA) is 83.6 Å². The Bertz CT molecular complexity index is 488. The van der Waals surface area contributed by atoms with Crippen molar-refractivity contribution in [2.45, 2.75) is 31.6 Å². The molecule has 0 aromatic heterocycles. The summed E-state index contributed by atoms with van der Waals surface area (Å²) in [5.74, 6) is -2.08. The van der Waals surface area contributed by atoms with Crippen LogP contribution in [0.25, 0.3) is 0 Å². The number of carboxylic acids is 1. The van der Waals surface area contributed by atoms with Gasteiger partial charge in [0.25, 0.3) is 0 Å². The Morgan fingerprint density at radius 1 is 1.44 bits per heavy atom. The van der Waals surface area contributed by atoms with Crippen molar-refractivity contribution in [3.63, 3.8) is 0 Å². The van der Waals surface area contributed by atoms with Gasteiger partial charge in [0.2, 0.25) is 0 Å². The van der Waals surface area contributed by atoms with Crippen molar-refractivity contribution in [1.29, 1.82) is 0 Å². The number of aliphatic carboxylic acids is 1. The van der Waals surface area contributed by atoms with Crippen LogP contribution in [0.3, 0.4) is 0 Å². The lowest BCUT2D eigenvalue weighted by Gasteiger charge is -2.22. The van der Waals surface area contributed by atoms with E-state index >= 15 is 0 Å². The lowest BCUT2D eigenvalue weighted by molar-refractivity contribution is -0.138. The van der Waals surface area contributed by atoms with Crippen molar-refractivity contribution in [3.05, 3.63) is 27.8 Å². The average Bonchev–Trinajstić information content (AvgIpc) is 2.36. The number of hydrogen-bond donors (Lipinski definition) is 3. The maximum absolute atomic E-state index is 11.1. The Balaban J connectivity index is 2.55. The number of aryl methyl sites for hydroxylation is 1. The highest BCUT2D eigenvalue weighted by Crippen LogP contribution is 2.40. The van der Waals surface area contributed by atoms with Gasteiger partial charge in [-0.15, -0.1) is 0 Å². The molecule has 0 spiro atoms. The monoisotopic (exact) mass is 269 g/mol. The third-order valence-electron chi connectivity index (χ3n) is 3.50. The predicted molar refractivity (Wildman–Crippen MR) is 69.2 cm³/mol. The van der Waals surface area contributed by atoms with E-state index in [1.165, 1.54) is 0 Å². The summed E-state index contributed by atoms with van der Waals surface area (Å²) in [6.45, 7) is -0.0575. The molecule has 5 heteroatoms. The van der Waals surface area contributed by atoms with Gasteiger partial charge in [-0.3, -0.25) is 4.79 Å². The molecule has 0 aliphatic heterocycles. The summed E-state index contributed by atoms with van der Waals surface area (Å²) < 4.78 is 0. The second-order valence-corrected chi connectivity index (χ2v) is 4.98. The summed E-state index contributed by atoms with van der Waals surface area (Å²) in [5, 5.41) is 19.5. The minimum atomic E-state index is -1.04. The maximum atomic E-state index is 11.1. The zero-order valence-corrected chi connectivity index (χ0v) is 10.7. The standard InChI is InChI=1S/C13H16ClNO3/c14-11-8-4-2-1-3-7(8)5-9(12(11)16)10(6-15)13(17)18/h5,10,16H,1-4,6,15H2,(H,17,18). The molecule has 1 atom stereocenters. The summed E-state index contributed by atoms with van der Waals surface area (Å²) >= 11 is 6.14. The molecule has 0 amide bonds. The molecule has 1 aliphatic rings. The number of benzene rings is 1. The van der Waals surface area contributed by atoms with Crippen molar-refractivity contribution in [1.82, 2.24) is 0 Å². The van der Waals surface area contributed by atoms with Gasteiger partial charge in [-0.05, 0) is 36.8 Å². The first-order chi connectivity index (χ1) is 8.56. The quantitative estimate of drug-likeness (QED) is 0.784. The van der Waals surface area contributed by atoms with E-state index in [1.807, 2.05) is 0 Å². The van der Waals surface area contributed by atoms with Gasteiger partial charge in [0.1, 0.15) is 5.75 Å². The number of carboxylic acid groups (broad SMARTS) is 1. The van der Waals surface area contributed by atoms with Gasteiger partial charge in [-0.25, -0.2) is 0 Å². The molecule has 4 N–H and O–H groups in total. The molecule has 1 aliphatic carbocycles. The summed E-state index contributed by atoms with van der Waals surface area (Å²) in [6, 6.07) is 1.75. The fourth-order valence-corrected chi connectivity index (χ4v) is 2.82. The van der Waals surface area contributed by atoms with Crippen LogP contribution < -0.4 is 5.73 Å². The first-order valence-electron chi connectivity index (χ1n) is 6.02. The molecule has 2 rings (SSSR count). The summed E-state index contributed by atoms with van der Waals surface area (Å²) in [7, 11) is 0. The Morgan fingerprint density at radius 3 is 2.72 bits per heavy atom. The van der Waals surface area contributed by atoms with Gasteiger partial charge in [0, 0.05) is 12.1 Å². The van der Waals surface area contributed by atoms with Crippen LogP contribution in [0.2, 0.25) is 5.02 Å². The highest BCUT2D eigenvalue weighted by Gasteiger charge is 2.26. The summed E-state index contributed by atoms with van der Waals surface area (Å²) in [4.78, 5) is 11.1. The summed E-state index contributed by atoms with van der Waals surface area (Å²) in [5.41, 5.74) is 7.78. The first-order valence-corrected chi connectivity index (χ1v) is 6.40. The van der Waals surface area contributed by atoms with E-state index in [2.05, 4.69) is 0 Å². The molecular weight excluding hydrogens is 254 g/mol. The van der Waals surface area contributed by atoms with Crippen molar-refractivity contribution >= 4 is 17.6 Å². The number of fused-ring (bicyclic) bond motifs is 1. The van der Waals surface area contributed by atoms with Crippen LogP contribution in [0.5, 0.6) is 5.75 Å². The second kappa shape index (κ2) is 5.16. The van der Waals surface area contributed by atoms with Crippen LogP contribution in [0.15, 0.2) is 6.07 Å². The first kappa shape index (κ1) is 13.2. The molecule has 0 saturated carbocycles. The Hall–Kier alpha value is -1.26. The van der Waals surface area contributed by atoms with Gasteiger partial charge in [0.05, 0.1) is 10.9 Å². The minimum absolute atomic E-state index is 0.0575. The maximum Gasteiger partial charge on any atom is 0.312 e. The predicted octanol–water partition coefficient (Wildman–Crippen LogP) is 2.05. The third-order valence-corrected chi connectivity index (χ3v) is 3.90. The molecule has 1 aromatic carbocycles. The molecule has 0 fully saturated rings. The van der Waals surface area contributed by atoms with E-state index in [9.17, 15) is 9.90 Å². The van der Waals surface area contributed by atoms with Crippen molar-refractivity contribution < 1.29 is 15.0 Å². The minimum Gasteiger partial charge on any atom is -0.506 e. The van der Waals surface area contributed by atoms with E-state index < -0.39 is 11.9 Å². The largest absolute Gasteiger partial charge is 0.506 e. The SMILES string of the molecule is NCC(C(=O)O)c1cc2c(c(Cl)c1O)CCCC2. The molecular formula is C13H16ClNO3. The van der Waals surface area contributed by atoms with Crippen LogP contribution >= 0.6 is 11.6 Å². The molecule has 18 heavy (non-hydrogen) atoms. The smallest absolute Gasteiger partial charge is 0.312 e. The van der Waals surface area contributed by atoms with Crippen LogP contribution in [0, 0.1) is 0 Å². The Labute approximate surface area is 110 Å². The highest BCUT2D eigenvalue weighted by molar-refractivity contribution is 6.33.